The molecule has 0 aliphatic carbocycles. The lowest BCUT2D eigenvalue weighted by Gasteiger charge is -2.08. The van der Waals surface area contributed by atoms with Gasteiger partial charge in [0.25, 0.3) is 0 Å². The van der Waals surface area contributed by atoms with Crippen LogP contribution in [-0.2, 0) is 13.2 Å². The van der Waals surface area contributed by atoms with Crippen molar-refractivity contribution in [1.29, 1.82) is 0 Å². The summed E-state index contributed by atoms with van der Waals surface area (Å²) < 4.78 is 5.74. The molecule has 0 aliphatic rings. The lowest BCUT2D eigenvalue weighted by Crippen LogP contribution is -2.00. The maximum Gasteiger partial charge on any atom is 0.221 e. The predicted molar refractivity (Wildman–Crippen MR) is 101 cm³/mol. The first-order valence-corrected chi connectivity index (χ1v) is 8.23. The van der Waals surface area contributed by atoms with Crippen LogP contribution in [0, 0.1) is 0 Å². The number of benzene rings is 1. The molecule has 4 rings (SSSR count). The lowest BCUT2D eigenvalue weighted by molar-refractivity contribution is 0.301. The number of nitrogens with zero attached hydrogens (tertiary/aromatic N) is 3. The molecule has 3 aromatic heterocycles. The second-order valence-corrected chi connectivity index (χ2v) is 5.79. The lowest BCUT2D eigenvalue weighted by atomic mass is 10.2. The molecule has 0 unspecified atom stereocenters. The van der Waals surface area contributed by atoms with E-state index >= 15 is 0 Å². The third-order valence-corrected chi connectivity index (χ3v) is 3.99. The third kappa shape index (κ3) is 3.56. The second-order valence-electron chi connectivity index (χ2n) is 5.79. The predicted octanol–water partition coefficient (Wildman–Crippen LogP) is 3.13. The smallest absolute Gasteiger partial charge is 0.221 e. The molecule has 0 aliphatic heterocycles. The van der Waals surface area contributed by atoms with Gasteiger partial charge in [-0.3, -0.25) is 4.98 Å². The van der Waals surface area contributed by atoms with Gasteiger partial charge in [0, 0.05) is 36.2 Å². The molecule has 0 radical (unpaired) electrons. The highest BCUT2D eigenvalue weighted by Crippen LogP contribution is 2.20. The van der Waals surface area contributed by atoms with E-state index in [4.69, 9.17) is 10.5 Å². The van der Waals surface area contributed by atoms with Crippen LogP contribution in [0.2, 0.25) is 0 Å². The van der Waals surface area contributed by atoms with Crippen molar-refractivity contribution in [3.05, 3.63) is 72.3 Å². The summed E-state index contributed by atoms with van der Waals surface area (Å²) in [5.41, 5.74) is 9.32. The van der Waals surface area contributed by atoms with Crippen molar-refractivity contribution in [3.63, 3.8) is 0 Å². The van der Waals surface area contributed by atoms with Crippen LogP contribution in [0.3, 0.4) is 0 Å². The fourth-order valence-corrected chi connectivity index (χ4v) is 2.63. The average molecular weight is 346 g/mol. The number of nitrogen functional groups attached to an aromatic ring is 1. The molecule has 7 nitrogen and oxygen atoms in total. The zero-order chi connectivity index (χ0) is 17.8. The zero-order valence-electron chi connectivity index (χ0n) is 14.0. The van der Waals surface area contributed by atoms with Crippen molar-refractivity contribution >= 4 is 22.7 Å². The van der Waals surface area contributed by atoms with E-state index in [0.717, 1.165) is 33.7 Å². The van der Waals surface area contributed by atoms with Gasteiger partial charge in [-0.2, -0.15) is 4.98 Å². The van der Waals surface area contributed by atoms with Crippen LogP contribution in [0.5, 0.6) is 5.75 Å². The average Bonchev–Trinajstić information content (AvgIpc) is 3.08. The van der Waals surface area contributed by atoms with Gasteiger partial charge >= 0.3 is 0 Å². The van der Waals surface area contributed by atoms with Crippen molar-refractivity contribution in [1.82, 2.24) is 19.9 Å². The van der Waals surface area contributed by atoms with Crippen molar-refractivity contribution < 1.29 is 4.74 Å². The van der Waals surface area contributed by atoms with E-state index in [9.17, 15) is 0 Å². The number of ether oxygens (including phenoxy) is 1. The molecule has 0 amide bonds. The van der Waals surface area contributed by atoms with Gasteiger partial charge in [0.1, 0.15) is 18.0 Å². The number of pyridine rings is 1. The maximum atomic E-state index is 5.74. The highest BCUT2D eigenvalue weighted by molar-refractivity contribution is 5.79. The Morgan fingerprint density at radius 2 is 1.96 bits per heavy atom. The molecule has 0 spiro atoms. The summed E-state index contributed by atoms with van der Waals surface area (Å²) >= 11 is 0. The number of anilines is 2. The number of rotatable bonds is 6. The summed E-state index contributed by atoms with van der Waals surface area (Å²) in [6, 6.07) is 13.6. The van der Waals surface area contributed by atoms with E-state index in [1.54, 1.807) is 12.4 Å². The molecule has 7 heteroatoms. The van der Waals surface area contributed by atoms with Gasteiger partial charge in [-0.15, -0.1) is 0 Å². The van der Waals surface area contributed by atoms with E-state index in [1.807, 2.05) is 48.7 Å². The minimum Gasteiger partial charge on any atom is -0.487 e. The molecule has 0 saturated carbocycles. The minimum atomic E-state index is 0.264. The van der Waals surface area contributed by atoms with Gasteiger partial charge in [-0.05, 0) is 42.0 Å². The number of nitrogens with one attached hydrogen (secondary N) is 2. The van der Waals surface area contributed by atoms with Crippen molar-refractivity contribution in [2.24, 2.45) is 0 Å². The number of aromatic nitrogens is 4. The molecule has 4 aromatic rings. The van der Waals surface area contributed by atoms with Crippen molar-refractivity contribution in [2.75, 3.05) is 11.1 Å². The number of fused-ring (bicyclic) bond motifs is 1. The highest BCUT2D eigenvalue weighted by atomic mass is 16.5. The highest BCUT2D eigenvalue weighted by Gasteiger charge is 2.06. The number of H-pyrrole nitrogens is 1. The van der Waals surface area contributed by atoms with Gasteiger partial charge in [0.05, 0.1) is 5.69 Å². The molecular formula is C19H18N6O. The molecular weight excluding hydrogens is 328 g/mol. The normalized spacial score (nSPS) is 10.8. The standard InChI is InChI=1S/C19H18N6O/c20-19-24-11-17-13(10-23-18(17)25-19)9-22-14-4-6-16(7-5-14)26-12-15-3-1-2-8-21-15/h1-8,10-11,22H,9,12H2,(H3,20,23,24,25). The summed E-state index contributed by atoms with van der Waals surface area (Å²) in [4.78, 5) is 15.6. The van der Waals surface area contributed by atoms with Crippen LogP contribution in [-0.4, -0.2) is 19.9 Å². The van der Waals surface area contributed by atoms with Crippen molar-refractivity contribution in [2.45, 2.75) is 13.2 Å². The Labute approximate surface area is 150 Å². The summed E-state index contributed by atoms with van der Waals surface area (Å²) in [5, 5.41) is 4.34. The number of hydrogen-bond acceptors (Lipinski definition) is 6. The first kappa shape index (κ1) is 15.9. The molecule has 0 atom stereocenters. The summed E-state index contributed by atoms with van der Waals surface area (Å²) in [6.45, 7) is 1.10. The molecule has 0 fully saturated rings. The largest absolute Gasteiger partial charge is 0.487 e. The molecule has 1 aromatic carbocycles. The van der Waals surface area contributed by atoms with Crippen LogP contribution >= 0.6 is 0 Å². The van der Waals surface area contributed by atoms with Crippen LogP contribution in [0.15, 0.2) is 61.1 Å². The van der Waals surface area contributed by atoms with Crippen LogP contribution in [0.25, 0.3) is 11.0 Å². The van der Waals surface area contributed by atoms with E-state index in [2.05, 4.69) is 25.3 Å². The minimum absolute atomic E-state index is 0.264. The Morgan fingerprint density at radius 1 is 1.08 bits per heavy atom. The molecule has 0 bridgehead atoms. The quantitative estimate of drug-likeness (QED) is 0.496. The summed E-state index contributed by atoms with van der Waals surface area (Å²) in [6.07, 6.45) is 5.41. The number of aromatic amines is 1. The molecule has 130 valence electrons. The van der Waals surface area contributed by atoms with Gasteiger partial charge in [0.2, 0.25) is 5.95 Å². The maximum absolute atomic E-state index is 5.74. The third-order valence-electron chi connectivity index (χ3n) is 3.99. The molecule has 0 saturated heterocycles. The first-order valence-electron chi connectivity index (χ1n) is 8.23. The zero-order valence-corrected chi connectivity index (χ0v) is 14.0. The summed E-state index contributed by atoms with van der Waals surface area (Å²) in [7, 11) is 0. The summed E-state index contributed by atoms with van der Waals surface area (Å²) in [5.74, 6) is 1.07. The molecule has 4 N–H and O–H groups in total. The van der Waals surface area contributed by atoms with Gasteiger partial charge in [-0.25, -0.2) is 4.98 Å². The monoisotopic (exact) mass is 346 g/mol. The van der Waals surface area contributed by atoms with Crippen molar-refractivity contribution in [3.8, 4) is 5.75 Å². The second kappa shape index (κ2) is 7.10. The Kier molecular flexibility index (Phi) is 4.34. The van der Waals surface area contributed by atoms with E-state index < -0.39 is 0 Å². The van der Waals surface area contributed by atoms with Crippen LogP contribution in [0.4, 0.5) is 11.6 Å². The van der Waals surface area contributed by atoms with E-state index in [-0.39, 0.29) is 5.95 Å². The van der Waals surface area contributed by atoms with Crippen LogP contribution < -0.4 is 15.8 Å². The SMILES string of the molecule is Nc1ncc2c(CNc3ccc(OCc4ccccn4)cc3)c[nH]c2n1. The van der Waals surface area contributed by atoms with Crippen LogP contribution in [0.1, 0.15) is 11.3 Å². The Morgan fingerprint density at radius 3 is 2.77 bits per heavy atom. The first-order chi connectivity index (χ1) is 12.8. The molecule has 26 heavy (non-hydrogen) atoms. The Hall–Kier alpha value is -3.61. The molecule has 3 heterocycles. The van der Waals surface area contributed by atoms with E-state index in [0.29, 0.717) is 13.2 Å². The Balaban J connectivity index is 1.36. The van der Waals surface area contributed by atoms with E-state index in [1.165, 1.54) is 0 Å². The fourth-order valence-electron chi connectivity index (χ4n) is 2.63. The Bertz CT molecular complexity index is 998. The number of hydrogen-bond donors (Lipinski definition) is 3. The topological polar surface area (TPSA) is 102 Å². The van der Waals surface area contributed by atoms with Gasteiger partial charge in [-0.1, -0.05) is 6.07 Å². The fraction of sp³-hybridized carbons (Fsp3) is 0.105. The van der Waals surface area contributed by atoms with Gasteiger partial charge < -0.3 is 20.8 Å². The van der Waals surface area contributed by atoms with Gasteiger partial charge in [0.15, 0.2) is 0 Å². The number of nitrogens with two attached hydrogens (primary N) is 1.